The van der Waals surface area contributed by atoms with E-state index in [4.69, 9.17) is 0 Å². The molecule has 3 rings (SSSR count). The zero-order valence-electron chi connectivity index (χ0n) is 13.4. The number of carbonyl (C=O) groups is 1. The molecule has 1 aliphatic heterocycles. The summed E-state index contributed by atoms with van der Waals surface area (Å²) in [7, 11) is 0. The Hall–Kier alpha value is -2.57. The van der Waals surface area contributed by atoms with Gasteiger partial charge in [0.15, 0.2) is 0 Å². The molecule has 120 valence electrons. The third kappa shape index (κ3) is 3.61. The fourth-order valence-electron chi connectivity index (χ4n) is 2.74. The summed E-state index contributed by atoms with van der Waals surface area (Å²) in [4.78, 5) is 31.3. The molecule has 7 heteroatoms. The summed E-state index contributed by atoms with van der Waals surface area (Å²) in [5, 5.41) is 3.03. The van der Waals surface area contributed by atoms with Crippen LogP contribution >= 0.6 is 0 Å². The topological polar surface area (TPSA) is 83.9 Å². The monoisotopic (exact) mass is 312 g/mol. The van der Waals surface area contributed by atoms with Gasteiger partial charge < -0.3 is 10.2 Å². The van der Waals surface area contributed by atoms with Gasteiger partial charge in [0.25, 0.3) is 5.91 Å². The molecule has 0 saturated carbocycles. The van der Waals surface area contributed by atoms with Crippen molar-refractivity contribution in [3.05, 3.63) is 41.9 Å². The van der Waals surface area contributed by atoms with E-state index in [0.717, 1.165) is 43.1 Å². The maximum Gasteiger partial charge on any atom is 0.271 e. The minimum Gasteiger partial charge on any atom is -0.355 e. The quantitative estimate of drug-likeness (QED) is 0.919. The largest absolute Gasteiger partial charge is 0.355 e. The van der Waals surface area contributed by atoms with Crippen LogP contribution in [0.3, 0.4) is 0 Å². The van der Waals surface area contributed by atoms with Gasteiger partial charge in [0.2, 0.25) is 0 Å². The van der Waals surface area contributed by atoms with Gasteiger partial charge in [-0.1, -0.05) is 0 Å². The minimum absolute atomic E-state index is 0.152. The average Bonchev–Trinajstić information content (AvgIpc) is 2.58. The lowest BCUT2D eigenvalue weighted by atomic mass is 10.0. The second-order valence-corrected chi connectivity index (χ2v) is 5.75. The van der Waals surface area contributed by atoms with Crippen LogP contribution in [0.1, 0.15) is 34.7 Å². The predicted octanol–water partition coefficient (Wildman–Crippen LogP) is 1.28. The van der Waals surface area contributed by atoms with E-state index < -0.39 is 0 Å². The molecule has 1 aliphatic rings. The summed E-state index contributed by atoms with van der Waals surface area (Å²) in [5.74, 6) is 0.784. The number of rotatable bonds is 3. The van der Waals surface area contributed by atoms with Gasteiger partial charge >= 0.3 is 0 Å². The van der Waals surface area contributed by atoms with E-state index in [9.17, 15) is 4.79 Å². The van der Waals surface area contributed by atoms with Gasteiger partial charge in [0, 0.05) is 37.7 Å². The van der Waals surface area contributed by atoms with Crippen molar-refractivity contribution < 1.29 is 4.79 Å². The molecule has 7 nitrogen and oxygen atoms in total. The summed E-state index contributed by atoms with van der Waals surface area (Å²) < 4.78 is 0. The lowest BCUT2D eigenvalue weighted by molar-refractivity contribution is 0.0925. The van der Waals surface area contributed by atoms with E-state index in [0.29, 0.717) is 5.69 Å². The number of carbonyl (C=O) groups excluding carboxylic acids is 1. The van der Waals surface area contributed by atoms with Crippen LogP contribution in [-0.4, -0.2) is 45.0 Å². The van der Waals surface area contributed by atoms with E-state index in [-0.39, 0.29) is 11.9 Å². The minimum atomic E-state index is -0.164. The second kappa shape index (κ2) is 6.68. The highest BCUT2D eigenvalue weighted by atomic mass is 16.1. The maximum absolute atomic E-state index is 12.1. The highest BCUT2D eigenvalue weighted by Gasteiger charge is 2.23. The molecule has 0 bridgehead atoms. The van der Waals surface area contributed by atoms with Crippen molar-refractivity contribution >= 4 is 11.7 Å². The summed E-state index contributed by atoms with van der Waals surface area (Å²) in [6, 6.07) is 0.152. The Morgan fingerprint density at radius 1 is 1.17 bits per heavy atom. The highest BCUT2D eigenvalue weighted by molar-refractivity contribution is 5.92. The first-order chi connectivity index (χ1) is 11.1. The van der Waals surface area contributed by atoms with Gasteiger partial charge in [-0.05, 0) is 26.7 Å². The Balaban J connectivity index is 1.58. The van der Waals surface area contributed by atoms with Crippen molar-refractivity contribution in [3.8, 4) is 0 Å². The number of anilines is 1. The Labute approximate surface area is 135 Å². The molecule has 1 amide bonds. The van der Waals surface area contributed by atoms with Crippen molar-refractivity contribution in [2.24, 2.45) is 0 Å². The van der Waals surface area contributed by atoms with Crippen LogP contribution in [0.25, 0.3) is 0 Å². The third-order valence-corrected chi connectivity index (χ3v) is 3.98. The average molecular weight is 312 g/mol. The summed E-state index contributed by atoms with van der Waals surface area (Å²) >= 11 is 0. The number of nitrogens with zero attached hydrogens (tertiary/aromatic N) is 5. The number of aromatic nitrogens is 4. The first kappa shape index (κ1) is 15.3. The van der Waals surface area contributed by atoms with Gasteiger partial charge in [0.1, 0.15) is 11.5 Å². The fourth-order valence-corrected chi connectivity index (χ4v) is 2.74. The molecule has 0 spiro atoms. The molecular formula is C16H20N6O. The van der Waals surface area contributed by atoms with Gasteiger partial charge in [-0.2, -0.15) is 0 Å². The number of nitrogens with one attached hydrogen (secondary N) is 1. The van der Waals surface area contributed by atoms with Crippen LogP contribution in [0.5, 0.6) is 0 Å². The molecule has 2 aromatic rings. The molecule has 3 heterocycles. The number of hydrogen-bond acceptors (Lipinski definition) is 6. The molecular weight excluding hydrogens is 292 g/mol. The Bertz CT molecular complexity index is 682. The second-order valence-electron chi connectivity index (χ2n) is 5.75. The van der Waals surface area contributed by atoms with Crippen LogP contribution in [0.15, 0.2) is 24.8 Å². The molecule has 0 radical (unpaired) electrons. The van der Waals surface area contributed by atoms with E-state index >= 15 is 0 Å². The Kier molecular flexibility index (Phi) is 4.45. The fraction of sp³-hybridized carbons (Fsp3) is 0.438. The lowest BCUT2D eigenvalue weighted by Gasteiger charge is -2.33. The molecule has 2 aromatic heterocycles. The molecule has 23 heavy (non-hydrogen) atoms. The zero-order valence-corrected chi connectivity index (χ0v) is 13.4. The van der Waals surface area contributed by atoms with Crippen LogP contribution < -0.4 is 10.2 Å². The molecule has 0 aromatic carbocycles. The van der Waals surface area contributed by atoms with Crippen LogP contribution in [-0.2, 0) is 0 Å². The van der Waals surface area contributed by atoms with Gasteiger partial charge in [-0.3, -0.25) is 14.8 Å². The van der Waals surface area contributed by atoms with Crippen molar-refractivity contribution in [2.75, 3.05) is 18.0 Å². The highest BCUT2D eigenvalue weighted by Crippen LogP contribution is 2.20. The normalized spacial score (nSPS) is 15.5. The Morgan fingerprint density at radius 2 is 1.96 bits per heavy atom. The molecule has 0 atom stereocenters. The lowest BCUT2D eigenvalue weighted by Crippen LogP contribution is -2.45. The molecule has 1 saturated heterocycles. The molecule has 1 fully saturated rings. The van der Waals surface area contributed by atoms with Crippen molar-refractivity contribution in [1.29, 1.82) is 0 Å². The SMILES string of the molecule is Cc1cnc(C)c(N2CCC(NC(=O)c3cnccn3)CC2)n1. The summed E-state index contributed by atoms with van der Waals surface area (Å²) in [5.41, 5.74) is 2.22. The van der Waals surface area contributed by atoms with Gasteiger partial charge in [-0.15, -0.1) is 0 Å². The van der Waals surface area contributed by atoms with Crippen molar-refractivity contribution in [1.82, 2.24) is 25.3 Å². The number of piperidine rings is 1. The number of hydrogen-bond donors (Lipinski definition) is 1. The summed E-state index contributed by atoms with van der Waals surface area (Å²) in [6.07, 6.45) is 8.10. The predicted molar refractivity (Wildman–Crippen MR) is 86.2 cm³/mol. The van der Waals surface area contributed by atoms with E-state index in [2.05, 4.69) is 30.2 Å². The van der Waals surface area contributed by atoms with Crippen LogP contribution in [0.4, 0.5) is 5.82 Å². The van der Waals surface area contributed by atoms with Crippen LogP contribution in [0, 0.1) is 13.8 Å². The van der Waals surface area contributed by atoms with Gasteiger partial charge in [0.05, 0.1) is 17.6 Å². The first-order valence-corrected chi connectivity index (χ1v) is 7.75. The van der Waals surface area contributed by atoms with Crippen LogP contribution in [0.2, 0.25) is 0 Å². The third-order valence-electron chi connectivity index (χ3n) is 3.98. The standard InChI is InChI=1S/C16H20N6O/c1-11-9-19-12(2)15(20-11)22-7-3-13(4-8-22)21-16(23)14-10-17-5-6-18-14/h5-6,9-10,13H,3-4,7-8H2,1-2H3,(H,21,23). The maximum atomic E-state index is 12.1. The molecule has 0 unspecified atom stereocenters. The number of aryl methyl sites for hydroxylation is 2. The molecule has 1 N–H and O–H groups in total. The van der Waals surface area contributed by atoms with E-state index in [1.165, 1.54) is 12.4 Å². The smallest absolute Gasteiger partial charge is 0.271 e. The summed E-state index contributed by atoms with van der Waals surface area (Å²) in [6.45, 7) is 5.63. The van der Waals surface area contributed by atoms with Crippen molar-refractivity contribution in [3.63, 3.8) is 0 Å². The van der Waals surface area contributed by atoms with E-state index in [1.807, 2.05) is 13.8 Å². The zero-order chi connectivity index (χ0) is 16.2. The first-order valence-electron chi connectivity index (χ1n) is 7.75. The number of amides is 1. The van der Waals surface area contributed by atoms with E-state index in [1.54, 1.807) is 12.4 Å². The Morgan fingerprint density at radius 3 is 2.65 bits per heavy atom. The molecule has 0 aliphatic carbocycles. The van der Waals surface area contributed by atoms with Gasteiger partial charge in [-0.25, -0.2) is 9.97 Å². The van der Waals surface area contributed by atoms with Crippen molar-refractivity contribution in [2.45, 2.75) is 32.7 Å².